The summed E-state index contributed by atoms with van der Waals surface area (Å²) in [4.78, 5) is 41.5. The zero-order valence-electron chi connectivity index (χ0n) is 17.6. The first-order valence-electron chi connectivity index (χ1n) is 9.63. The fraction of sp³-hybridized carbons (Fsp3) is 0.143. The predicted molar refractivity (Wildman–Crippen MR) is 126 cm³/mol. The van der Waals surface area contributed by atoms with Crippen LogP contribution in [0.25, 0.3) is 17.1 Å². The fourth-order valence-electron chi connectivity index (χ4n) is 3.20. The van der Waals surface area contributed by atoms with Gasteiger partial charge in [-0.05, 0) is 36.4 Å². The number of hydrogen-bond acceptors (Lipinski definition) is 8. The van der Waals surface area contributed by atoms with Crippen molar-refractivity contribution in [1.82, 2.24) is 28.9 Å². The van der Waals surface area contributed by atoms with Gasteiger partial charge in [0.2, 0.25) is 0 Å². The second-order valence-corrected chi connectivity index (χ2v) is 8.41. The van der Waals surface area contributed by atoms with Gasteiger partial charge in [-0.2, -0.15) is 0 Å². The lowest BCUT2D eigenvalue weighted by molar-refractivity contribution is 0.102. The van der Waals surface area contributed by atoms with E-state index in [2.05, 4.69) is 15.2 Å². The third-order valence-corrected chi connectivity index (χ3v) is 6.16. The van der Waals surface area contributed by atoms with Gasteiger partial charge in [0.1, 0.15) is 11.4 Å². The van der Waals surface area contributed by atoms with E-state index in [-0.39, 0.29) is 17.1 Å². The molecule has 2 N–H and O–H groups in total. The number of nitrogen functional groups attached to an aromatic ring is 1. The third-order valence-electron chi connectivity index (χ3n) is 4.98. The number of nitrogens with two attached hydrogens (primary N) is 1. The van der Waals surface area contributed by atoms with Crippen LogP contribution in [-0.2, 0) is 14.1 Å². The summed E-state index contributed by atoms with van der Waals surface area (Å²) in [6.07, 6.45) is 3.29. The van der Waals surface area contributed by atoms with Crippen molar-refractivity contribution in [2.45, 2.75) is 5.16 Å². The Morgan fingerprint density at radius 3 is 2.36 bits per heavy atom. The molecule has 0 bridgehead atoms. The Bertz CT molecular complexity index is 1460. The maximum atomic E-state index is 12.9. The van der Waals surface area contributed by atoms with Crippen LogP contribution in [0.2, 0.25) is 5.02 Å². The Balaban J connectivity index is 1.72. The van der Waals surface area contributed by atoms with Crippen molar-refractivity contribution in [3.8, 4) is 17.1 Å². The van der Waals surface area contributed by atoms with Gasteiger partial charge in [-0.3, -0.25) is 28.3 Å². The standard InChI is InChI=1S/C21H18ClN7O3S/c1-27-17(23)16(19(31)28(2)21(27)32)15(30)11-33-20-26-25-18(12-7-9-24-10-8-12)29(20)14-5-3-13(22)4-6-14/h3-10H,11,23H2,1-2H3. The number of aromatic nitrogens is 6. The van der Waals surface area contributed by atoms with Gasteiger partial charge in [-0.15, -0.1) is 10.2 Å². The first-order chi connectivity index (χ1) is 15.8. The van der Waals surface area contributed by atoms with E-state index in [0.717, 1.165) is 32.1 Å². The van der Waals surface area contributed by atoms with Crippen LogP contribution >= 0.6 is 23.4 Å². The van der Waals surface area contributed by atoms with Crippen molar-refractivity contribution >= 4 is 35.0 Å². The molecule has 10 nitrogen and oxygen atoms in total. The van der Waals surface area contributed by atoms with E-state index in [4.69, 9.17) is 17.3 Å². The van der Waals surface area contributed by atoms with Crippen LogP contribution in [-0.4, -0.2) is 40.4 Å². The Morgan fingerprint density at radius 1 is 1.03 bits per heavy atom. The van der Waals surface area contributed by atoms with E-state index in [0.29, 0.717) is 16.0 Å². The van der Waals surface area contributed by atoms with E-state index in [1.807, 2.05) is 12.1 Å². The maximum Gasteiger partial charge on any atom is 0.332 e. The predicted octanol–water partition coefficient (Wildman–Crippen LogP) is 1.94. The van der Waals surface area contributed by atoms with Crippen LogP contribution in [0, 0.1) is 0 Å². The van der Waals surface area contributed by atoms with E-state index < -0.39 is 17.0 Å². The average Bonchev–Trinajstić information content (AvgIpc) is 3.25. The smallest absolute Gasteiger partial charge is 0.332 e. The Morgan fingerprint density at radius 2 is 1.70 bits per heavy atom. The lowest BCUT2D eigenvalue weighted by atomic mass is 10.2. The van der Waals surface area contributed by atoms with Crippen molar-refractivity contribution in [3.63, 3.8) is 0 Å². The van der Waals surface area contributed by atoms with E-state index in [9.17, 15) is 14.4 Å². The van der Waals surface area contributed by atoms with Gasteiger partial charge >= 0.3 is 5.69 Å². The van der Waals surface area contributed by atoms with Gasteiger partial charge in [0.05, 0.1) is 5.75 Å². The molecule has 33 heavy (non-hydrogen) atoms. The molecule has 0 spiro atoms. The first kappa shape index (κ1) is 22.5. The summed E-state index contributed by atoms with van der Waals surface area (Å²) in [5, 5.41) is 9.55. The molecule has 0 saturated heterocycles. The van der Waals surface area contributed by atoms with Gasteiger partial charge in [-0.25, -0.2) is 4.79 Å². The van der Waals surface area contributed by atoms with Crippen molar-refractivity contribution in [2.24, 2.45) is 14.1 Å². The van der Waals surface area contributed by atoms with E-state index in [1.165, 1.54) is 14.1 Å². The van der Waals surface area contributed by atoms with Gasteiger partial charge in [0.25, 0.3) is 5.56 Å². The highest BCUT2D eigenvalue weighted by Gasteiger charge is 2.22. The summed E-state index contributed by atoms with van der Waals surface area (Å²) in [5.41, 5.74) is 5.84. The summed E-state index contributed by atoms with van der Waals surface area (Å²) in [5.74, 6) is -0.290. The number of halogens is 1. The van der Waals surface area contributed by atoms with Crippen LogP contribution in [0.3, 0.4) is 0 Å². The second-order valence-electron chi connectivity index (χ2n) is 7.03. The van der Waals surface area contributed by atoms with Gasteiger partial charge < -0.3 is 5.73 Å². The molecule has 0 aliphatic carbocycles. The molecular formula is C21H18ClN7O3S. The number of thioether (sulfide) groups is 1. The molecule has 0 radical (unpaired) electrons. The molecule has 3 heterocycles. The minimum atomic E-state index is -0.738. The quantitative estimate of drug-likeness (QED) is 0.325. The lowest BCUT2D eigenvalue weighted by Crippen LogP contribution is -2.41. The SMILES string of the molecule is Cn1c(N)c(C(=O)CSc2nnc(-c3ccncc3)n2-c2ccc(Cl)cc2)c(=O)n(C)c1=O. The largest absolute Gasteiger partial charge is 0.384 e. The molecule has 0 saturated carbocycles. The number of ketones is 1. The van der Waals surface area contributed by atoms with Crippen molar-refractivity contribution in [3.05, 3.63) is 80.2 Å². The average molecular weight is 484 g/mol. The summed E-state index contributed by atoms with van der Waals surface area (Å²) in [7, 11) is 2.70. The van der Waals surface area contributed by atoms with Gasteiger partial charge in [-0.1, -0.05) is 23.4 Å². The maximum absolute atomic E-state index is 12.9. The van der Waals surface area contributed by atoms with Gasteiger partial charge in [0.15, 0.2) is 16.8 Å². The molecule has 0 amide bonds. The zero-order chi connectivity index (χ0) is 23.7. The summed E-state index contributed by atoms with van der Waals surface area (Å²) in [6.45, 7) is 0. The number of pyridine rings is 1. The first-order valence-corrected chi connectivity index (χ1v) is 11.0. The molecule has 4 aromatic rings. The summed E-state index contributed by atoms with van der Waals surface area (Å²) >= 11 is 7.14. The molecule has 1 aromatic carbocycles. The zero-order valence-corrected chi connectivity index (χ0v) is 19.2. The van der Waals surface area contributed by atoms with Crippen molar-refractivity contribution in [2.75, 3.05) is 11.5 Å². The summed E-state index contributed by atoms with van der Waals surface area (Å²) in [6, 6.07) is 10.7. The minimum absolute atomic E-state index is 0.139. The lowest BCUT2D eigenvalue weighted by Gasteiger charge is -2.12. The van der Waals surface area contributed by atoms with Gasteiger partial charge in [0, 0.05) is 42.8 Å². The molecule has 3 aromatic heterocycles. The summed E-state index contributed by atoms with van der Waals surface area (Å²) < 4.78 is 3.70. The number of benzene rings is 1. The van der Waals surface area contributed by atoms with E-state index in [1.54, 1.807) is 41.2 Å². The Kier molecular flexibility index (Phi) is 6.16. The van der Waals surface area contributed by atoms with Crippen molar-refractivity contribution in [1.29, 1.82) is 0 Å². The van der Waals surface area contributed by atoms with Crippen LogP contribution in [0.4, 0.5) is 5.82 Å². The van der Waals surface area contributed by atoms with Crippen LogP contribution in [0.1, 0.15) is 10.4 Å². The molecular weight excluding hydrogens is 466 g/mol. The van der Waals surface area contributed by atoms with E-state index >= 15 is 0 Å². The Hall–Kier alpha value is -3.70. The van der Waals surface area contributed by atoms with Crippen LogP contribution in [0.5, 0.6) is 0 Å². The monoisotopic (exact) mass is 483 g/mol. The Labute approximate surface area is 196 Å². The number of nitrogens with zero attached hydrogens (tertiary/aromatic N) is 6. The topological polar surface area (TPSA) is 131 Å². The molecule has 4 rings (SSSR count). The molecule has 0 atom stereocenters. The molecule has 168 valence electrons. The highest BCUT2D eigenvalue weighted by molar-refractivity contribution is 7.99. The second kappa shape index (κ2) is 9.04. The fourth-order valence-corrected chi connectivity index (χ4v) is 4.15. The molecule has 0 unspecified atom stereocenters. The molecule has 12 heteroatoms. The molecule has 0 fully saturated rings. The van der Waals surface area contributed by atoms with Crippen LogP contribution in [0.15, 0.2) is 63.5 Å². The van der Waals surface area contributed by atoms with Crippen LogP contribution < -0.4 is 17.0 Å². The third kappa shape index (κ3) is 4.20. The number of rotatable bonds is 6. The number of Topliss-reactive ketones (excluding diaryl/α,β-unsaturated/α-hetero) is 1. The van der Waals surface area contributed by atoms with Crippen molar-refractivity contribution < 1.29 is 4.79 Å². The highest BCUT2D eigenvalue weighted by atomic mass is 35.5. The highest BCUT2D eigenvalue weighted by Crippen LogP contribution is 2.28. The number of hydrogen-bond donors (Lipinski definition) is 1. The number of anilines is 1. The number of carbonyl (C=O) groups excluding carboxylic acids is 1. The molecule has 0 aliphatic rings. The molecule has 0 aliphatic heterocycles. The minimum Gasteiger partial charge on any atom is -0.384 e. The normalized spacial score (nSPS) is 11.0. The number of carbonyl (C=O) groups is 1.